The monoisotopic (exact) mass is 227 g/mol. The molecule has 0 bridgehead atoms. The number of carbonyl (C=O) groups excluding carboxylic acids is 2. The topological polar surface area (TPSA) is 37.4 Å². The largest absolute Gasteiger partial charge is 0.332 e. The average molecular weight is 227 g/mol. The van der Waals surface area contributed by atoms with Crippen molar-refractivity contribution in [3.05, 3.63) is 34.9 Å². The lowest BCUT2D eigenvalue weighted by molar-refractivity contribution is 0.0766. The van der Waals surface area contributed by atoms with E-state index in [-0.39, 0.29) is 5.41 Å². The summed E-state index contributed by atoms with van der Waals surface area (Å²) >= 11 is 0. The molecule has 1 aliphatic heterocycles. The fourth-order valence-electron chi connectivity index (χ4n) is 2.09. The standard InChI is InChI=1S/C13H14BNO2/c1-13(2,3)7-8-5-4-6-9-10(8)12(17)15(14)11(9)16/h4-6H,7H2,1-3H3. The molecule has 86 valence electrons. The fraction of sp³-hybridized carbons (Fsp3) is 0.385. The first kappa shape index (κ1) is 11.9. The van der Waals surface area contributed by atoms with Crippen molar-refractivity contribution in [2.75, 3.05) is 0 Å². The van der Waals surface area contributed by atoms with Gasteiger partial charge in [-0.15, -0.1) is 0 Å². The number of fused-ring (bicyclic) bond motifs is 1. The fourth-order valence-corrected chi connectivity index (χ4v) is 2.09. The predicted molar refractivity (Wildman–Crippen MR) is 65.9 cm³/mol. The number of rotatable bonds is 1. The summed E-state index contributed by atoms with van der Waals surface area (Å²) < 4.78 is 0. The van der Waals surface area contributed by atoms with Crippen molar-refractivity contribution < 1.29 is 9.59 Å². The minimum Gasteiger partial charge on any atom is -0.332 e. The van der Waals surface area contributed by atoms with Gasteiger partial charge >= 0.3 is 0 Å². The maximum Gasteiger partial charge on any atom is 0.248 e. The van der Waals surface area contributed by atoms with E-state index in [9.17, 15) is 9.59 Å². The van der Waals surface area contributed by atoms with E-state index in [1.165, 1.54) is 0 Å². The molecule has 1 aromatic carbocycles. The van der Waals surface area contributed by atoms with Crippen LogP contribution in [0.2, 0.25) is 0 Å². The van der Waals surface area contributed by atoms with Crippen molar-refractivity contribution in [2.24, 2.45) is 5.41 Å². The third-order valence-electron chi connectivity index (χ3n) is 2.75. The molecule has 2 radical (unpaired) electrons. The molecule has 0 unspecified atom stereocenters. The van der Waals surface area contributed by atoms with Gasteiger partial charge in [-0.1, -0.05) is 32.9 Å². The van der Waals surface area contributed by atoms with E-state index in [2.05, 4.69) is 20.8 Å². The van der Waals surface area contributed by atoms with E-state index in [0.29, 0.717) is 15.9 Å². The molecule has 0 saturated carbocycles. The zero-order chi connectivity index (χ0) is 12.8. The number of hydrogen-bond acceptors (Lipinski definition) is 2. The molecule has 1 heterocycles. The first-order chi connectivity index (χ1) is 7.81. The van der Waals surface area contributed by atoms with Gasteiger partial charge in [0.2, 0.25) is 19.8 Å². The lowest BCUT2D eigenvalue weighted by Gasteiger charge is -2.19. The molecule has 2 rings (SSSR count). The Kier molecular flexibility index (Phi) is 2.61. The summed E-state index contributed by atoms with van der Waals surface area (Å²) in [4.78, 5) is 24.3. The second-order valence-electron chi connectivity index (χ2n) is 5.56. The van der Waals surface area contributed by atoms with Gasteiger partial charge in [0.05, 0.1) is 11.1 Å². The zero-order valence-corrected chi connectivity index (χ0v) is 10.3. The summed E-state index contributed by atoms with van der Waals surface area (Å²) in [7, 11) is 5.44. The van der Waals surface area contributed by atoms with E-state index < -0.39 is 11.8 Å². The van der Waals surface area contributed by atoms with Gasteiger partial charge in [-0.2, -0.15) is 0 Å². The van der Waals surface area contributed by atoms with Crippen LogP contribution in [-0.2, 0) is 6.42 Å². The van der Waals surface area contributed by atoms with Crippen LogP contribution in [-0.4, -0.2) is 24.6 Å². The van der Waals surface area contributed by atoms with Gasteiger partial charge in [-0.25, -0.2) is 0 Å². The molecular weight excluding hydrogens is 213 g/mol. The highest BCUT2D eigenvalue weighted by molar-refractivity contribution is 6.36. The molecule has 1 aliphatic rings. The molecule has 17 heavy (non-hydrogen) atoms. The smallest absolute Gasteiger partial charge is 0.248 e. The second-order valence-corrected chi connectivity index (χ2v) is 5.56. The van der Waals surface area contributed by atoms with Crippen LogP contribution < -0.4 is 0 Å². The maximum atomic E-state index is 11.9. The van der Waals surface area contributed by atoms with Crippen LogP contribution in [0, 0.1) is 5.41 Å². The molecule has 0 fully saturated rings. The molecule has 0 aliphatic carbocycles. The predicted octanol–water partition coefficient (Wildman–Crippen LogP) is 1.95. The van der Waals surface area contributed by atoms with E-state index in [4.69, 9.17) is 7.98 Å². The average Bonchev–Trinajstić information content (AvgIpc) is 2.43. The summed E-state index contributed by atoms with van der Waals surface area (Å²) in [6.07, 6.45) is 0.739. The Bertz CT molecular complexity index is 503. The third-order valence-corrected chi connectivity index (χ3v) is 2.75. The third kappa shape index (κ3) is 1.99. The molecule has 2 amide bonds. The van der Waals surface area contributed by atoms with Crippen LogP contribution in [0.15, 0.2) is 18.2 Å². The van der Waals surface area contributed by atoms with Gasteiger partial charge in [-0.3, -0.25) is 9.59 Å². The van der Waals surface area contributed by atoms with Gasteiger partial charge < -0.3 is 4.81 Å². The normalized spacial score (nSPS) is 15.4. The first-order valence-corrected chi connectivity index (χ1v) is 5.56. The highest BCUT2D eigenvalue weighted by atomic mass is 16.2. The van der Waals surface area contributed by atoms with Crippen molar-refractivity contribution >= 4 is 19.8 Å². The number of hydrogen-bond donors (Lipinski definition) is 0. The Balaban J connectivity index is 2.53. The Morgan fingerprint density at radius 1 is 1.18 bits per heavy atom. The summed E-state index contributed by atoms with van der Waals surface area (Å²) in [5.74, 6) is -0.814. The highest BCUT2D eigenvalue weighted by Crippen LogP contribution is 2.29. The van der Waals surface area contributed by atoms with E-state index in [0.717, 1.165) is 12.0 Å². The number of benzene rings is 1. The van der Waals surface area contributed by atoms with Crippen molar-refractivity contribution in [3.8, 4) is 0 Å². The quantitative estimate of drug-likeness (QED) is 0.543. The van der Waals surface area contributed by atoms with E-state index in [1.807, 2.05) is 6.07 Å². The van der Waals surface area contributed by atoms with E-state index in [1.54, 1.807) is 12.1 Å². The molecule has 0 aromatic heterocycles. The van der Waals surface area contributed by atoms with Crippen LogP contribution in [0.1, 0.15) is 47.1 Å². The van der Waals surface area contributed by atoms with Crippen LogP contribution >= 0.6 is 0 Å². The van der Waals surface area contributed by atoms with Crippen molar-refractivity contribution in [1.29, 1.82) is 0 Å². The van der Waals surface area contributed by atoms with Crippen LogP contribution in [0.5, 0.6) is 0 Å². The van der Waals surface area contributed by atoms with Crippen LogP contribution in [0.4, 0.5) is 0 Å². The van der Waals surface area contributed by atoms with Gasteiger partial charge in [0, 0.05) is 0 Å². The minimum absolute atomic E-state index is 0.0560. The van der Waals surface area contributed by atoms with Gasteiger partial charge in [0.15, 0.2) is 0 Å². The molecule has 0 saturated heterocycles. The van der Waals surface area contributed by atoms with Crippen molar-refractivity contribution in [3.63, 3.8) is 0 Å². The van der Waals surface area contributed by atoms with Crippen LogP contribution in [0.3, 0.4) is 0 Å². The SMILES string of the molecule is [B]N1C(=O)c2cccc(CC(C)(C)C)c2C1=O. The Hall–Kier alpha value is -1.58. The summed E-state index contributed by atoms with van der Waals surface area (Å²) in [5.41, 5.74) is 1.83. The summed E-state index contributed by atoms with van der Waals surface area (Å²) in [6, 6.07) is 5.33. The van der Waals surface area contributed by atoms with Gasteiger partial charge in [0.1, 0.15) is 0 Å². The molecule has 0 spiro atoms. The molecule has 0 atom stereocenters. The summed E-state index contributed by atoms with van der Waals surface area (Å²) in [5, 5.41) is 0. The Morgan fingerprint density at radius 3 is 2.41 bits per heavy atom. The Morgan fingerprint density at radius 2 is 1.82 bits per heavy atom. The number of amides is 2. The highest BCUT2D eigenvalue weighted by Gasteiger charge is 2.34. The zero-order valence-electron chi connectivity index (χ0n) is 10.3. The number of nitrogens with zero attached hydrogens (tertiary/aromatic N) is 1. The molecular formula is C13H14BNO2. The van der Waals surface area contributed by atoms with Crippen LogP contribution in [0.25, 0.3) is 0 Å². The van der Waals surface area contributed by atoms with E-state index >= 15 is 0 Å². The second kappa shape index (κ2) is 3.72. The number of carbonyl (C=O) groups is 2. The molecule has 3 nitrogen and oxygen atoms in total. The number of imide groups is 1. The molecule has 4 heteroatoms. The lowest BCUT2D eigenvalue weighted by atomic mass is 9.85. The van der Waals surface area contributed by atoms with Crippen molar-refractivity contribution in [1.82, 2.24) is 4.81 Å². The molecule has 0 N–H and O–H groups in total. The molecule has 1 aromatic rings. The minimum atomic E-state index is -0.416. The summed E-state index contributed by atoms with van der Waals surface area (Å²) in [6.45, 7) is 6.27. The maximum absolute atomic E-state index is 11.9. The van der Waals surface area contributed by atoms with Gasteiger partial charge in [0.25, 0.3) is 0 Å². The Labute approximate surface area is 102 Å². The lowest BCUT2D eigenvalue weighted by Crippen LogP contribution is -2.26. The van der Waals surface area contributed by atoms with Crippen molar-refractivity contribution in [2.45, 2.75) is 27.2 Å². The van der Waals surface area contributed by atoms with Gasteiger partial charge in [-0.05, 0) is 23.5 Å². The first-order valence-electron chi connectivity index (χ1n) is 5.56.